The summed E-state index contributed by atoms with van der Waals surface area (Å²) in [5.41, 5.74) is 1.20. The van der Waals surface area contributed by atoms with Gasteiger partial charge in [0, 0.05) is 18.5 Å². The fourth-order valence-electron chi connectivity index (χ4n) is 2.38. The van der Waals surface area contributed by atoms with Crippen molar-refractivity contribution in [2.24, 2.45) is 5.92 Å². The number of aromatic nitrogens is 1. The molecule has 0 amide bonds. The molecule has 4 heteroatoms. The first kappa shape index (κ1) is 13.0. The lowest BCUT2D eigenvalue weighted by Gasteiger charge is -2.34. The van der Waals surface area contributed by atoms with Crippen molar-refractivity contribution in [2.45, 2.75) is 45.3 Å². The predicted molar refractivity (Wildman–Crippen MR) is 71.2 cm³/mol. The Balaban J connectivity index is 1.75. The summed E-state index contributed by atoms with van der Waals surface area (Å²) < 4.78 is 0. The van der Waals surface area contributed by atoms with Crippen LogP contribution in [0.4, 0.5) is 0 Å². The van der Waals surface area contributed by atoms with Gasteiger partial charge in [0.05, 0.1) is 16.8 Å². The molecule has 17 heavy (non-hydrogen) atoms. The number of hydrogen-bond acceptors (Lipinski definition) is 4. The zero-order chi connectivity index (χ0) is 12.3. The molecular weight excluding hydrogens is 232 g/mol. The number of nitrogens with zero attached hydrogens (tertiary/aromatic N) is 2. The Kier molecular flexibility index (Phi) is 4.54. The van der Waals surface area contributed by atoms with Crippen LogP contribution in [0.15, 0.2) is 5.38 Å². The number of hydrogen-bond donors (Lipinski definition) is 1. The lowest BCUT2D eigenvalue weighted by atomic mass is 9.82. The van der Waals surface area contributed by atoms with Crippen molar-refractivity contribution < 1.29 is 5.11 Å². The number of rotatable bonds is 6. The molecule has 1 N–H and O–H groups in total. The van der Waals surface area contributed by atoms with Gasteiger partial charge in [0.15, 0.2) is 0 Å². The van der Waals surface area contributed by atoms with Crippen LogP contribution in [0.1, 0.15) is 36.9 Å². The van der Waals surface area contributed by atoms with E-state index >= 15 is 0 Å². The van der Waals surface area contributed by atoms with Gasteiger partial charge in [0.1, 0.15) is 0 Å². The lowest BCUT2D eigenvalue weighted by Crippen LogP contribution is -2.36. The summed E-state index contributed by atoms with van der Waals surface area (Å²) in [6, 6.07) is 0. The molecule has 0 atom stereocenters. The third-order valence-electron chi connectivity index (χ3n) is 3.28. The van der Waals surface area contributed by atoms with E-state index in [-0.39, 0.29) is 6.10 Å². The topological polar surface area (TPSA) is 36.4 Å². The van der Waals surface area contributed by atoms with Gasteiger partial charge in [-0.05, 0) is 38.6 Å². The van der Waals surface area contributed by atoms with Gasteiger partial charge >= 0.3 is 0 Å². The summed E-state index contributed by atoms with van der Waals surface area (Å²) in [6.45, 7) is 4.21. The minimum Gasteiger partial charge on any atom is -0.393 e. The average Bonchev–Trinajstić information content (AvgIpc) is 2.64. The Morgan fingerprint density at radius 2 is 2.29 bits per heavy atom. The molecule has 0 aliphatic heterocycles. The van der Waals surface area contributed by atoms with Crippen molar-refractivity contribution >= 4 is 11.3 Å². The maximum absolute atomic E-state index is 9.25. The van der Waals surface area contributed by atoms with Gasteiger partial charge in [0.2, 0.25) is 0 Å². The van der Waals surface area contributed by atoms with E-state index in [1.165, 1.54) is 17.1 Å². The van der Waals surface area contributed by atoms with E-state index in [2.05, 4.69) is 29.2 Å². The largest absolute Gasteiger partial charge is 0.393 e. The Hall–Kier alpha value is -0.450. The van der Waals surface area contributed by atoms with Crippen LogP contribution in [-0.4, -0.2) is 34.7 Å². The molecule has 3 nitrogen and oxygen atoms in total. The summed E-state index contributed by atoms with van der Waals surface area (Å²) in [6.07, 6.45) is 4.18. The molecule has 0 bridgehead atoms. The second kappa shape index (κ2) is 5.94. The highest BCUT2D eigenvalue weighted by Gasteiger charge is 2.27. The van der Waals surface area contributed by atoms with E-state index in [9.17, 15) is 5.11 Å². The van der Waals surface area contributed by atoms with Gasteiger partial charge in [-0.1, -0.05) is 6.92 Å². The van der Waals surface area contributed by atoms with Crippen LogP contribution in [0.3, 0.4) is 0 Å². The van der Waals surface area contributed by atoms with Gasteiger partial charge in [-0.15, -0.1) is 11.3 Å². The summed E-state index contributed by atoms with van der Waals surface area (Å²) in [7, 11) is 2.14. The first-order valence-corrected chi connectivity index (χ1v) is 7.35. The SMILES string of the molecule is CCCc1nc(CN(C)CC2CC(O)C2)cs1. The van der Waals surface area contributed by atoms with Crippen LogP contribution in [-0.2, 0) is 13.0 Å². The highest BCUT2D eigenvalue weighted by Crippen LogP contribution is 2.27. The molecule has 96 valence electrons. The molecule has 1 aromatic heterocycles. The molecule has 0 radical (unpaired) electrons. The first-order chi connectivity index (χ1) is 8.17. The molecule has 1 saturated carbocycles. The van der Waals surface area contributed by atoms with Crippen molar-refractivity contribution in [1.82, 2.24) is 9.88 Å². The number of aliphatic hydroxyl groups is 1. The van der Waals surface area contributed by atoms with Gasteiger partial charge in [-0.25, -0.2) is 4.98 Å². The van der Waals surface area contributed by atoms with E-state index in [4.69, 9.17) is 0 Å². The van der Waals surface area contributed by atoms with Gasteiger partial charge < -0.3 is 10.0 Å². The minimum absolute atomic E-state index is 0.0381. The van der Waals surface area contributed by atoms with Gasteiger partial charge in [-0.3, -0.25) is 0 Å². The molecule has 1 fully saturated rings. The van der Waals surface area contributed by atoms with Crippen LogP contribution in [0.2, 0.25) is 0 Å². The van der Waals surface area contributed by atoms with Crippen molar-refractivity contribution in [3.63, 3.8) is 0 Å². The Labute approximate surface area is 107 Å². The summed E-state index contributed by atoms with van der Waals surface area (Å²) in [4.78, 5) is 6.95. The Morgan fingerprint density at radius 1 is 1.53 bits per heavy atom. The Morgan fingerprint density at radius 3 is 2.94 bits per heavy atom. The molecule has 0 aromatic carbocycles. The van der Waals surface area contributed by atoms with Crippen molar-refractivity contribution in [3.8, 4) is 0 Å². The smallest absolute Gasteiger partial charge is 0.0928 e. The third kappa shape index (κ3) is 3.76. The van der Waals surface area contributed by atoms with Crippen molar-refractivity contribution in [1.29, 1.82) is 0 Å². The highest BCUT2D eigenvalue weighted by molar-refractivity contribution is 7.09. The molecule has 0 spiro atoms. The molecular formula is C13H22N2OS. The lowest BCUT2D eigenvalue weighted by molar-refractivity contribution is 0.0272. The zero-order valence-corrected chi connectivity index (χ0v) is 11.5. The standard InChI is InChI=1S/C13H22N2OS/c1-3-4-13-14-11(9-17-13)8-15(2)7-10-5-12(16)6-10/h9-10,12,16H,3-8H2,1-2H3. The number of aryl methyl sites for hydroxylation is 1. The van der Waals surface area contributed by atoms with Gasteiger partial charge in [0.25, 0.3) is 0 Å². The molecule has 1 aliphatic rings. The average molecular weight is 254 g/mol. The van der Waals surface area contributed by atoms with Crippen LogP contribution in [0.5, 0.6) is 0 Å². The van der Waals surface area contributed by atoms with Crippen LogP contribution < -0.4 is 0 Å². The second-order valence-corrected chi connectivity index (χ2v) is 6.11. The van der Waals surface area contributed by atoms with Crippen molar-refractivity contribution in [2.75, 3.05) is 13.6 Å². The van der Waals surface area contributed by atoms with Gasteiger partial charge in [-0.2, -0.15) is 0 Å². The van der Waals surface area contributed by atoms with E-state index < -0.39 is 0 Å². The predicted octanol–water partition coefficient (Wildman–Crippen LogP) is 2.30. The van der Waals surface area contributed by atoms with Crippen molar-refractivity contribution in [3.05, 3.63) is 16.1 Å². The third-order valence-corrected chi connectivity index (χ3v) is 4.23. The zero-order valence-electron chi connectivity index (χ0n) is 10.7. The summed E-state index contributed by atoms with van der Waals surface area (Å²) in [5, 5.41) is 12.7. The number of thiazole rings is 1. The Bertz CT molecular complexity index is 347. The monoisotopic (exact) mass is 254 g/mol. The normalized spacial score (nSPS) is 24.0. The van der Waals surface area contributed by atoms with Crippen LogP contribution in [0, 0.1) is 5.92 Å². The van der Waals surface area contributed by atoms with E-state index in [0.717, 1.165) is 32.4 Å². The van der Waals surface area contributed by atoms with E-state index in [1.54, 1.807) is 11.3 Å². The summed E-state index contributed by atoms with van der Waals surface area (Å²) >= 11 is 1.78. The van der Waals surface area contributed by atoms with Crippen LogP contribution in [0.25, 0.3) is 0 Å². The molecule has 2 rings (SSSR count). The highest BCUT2D eigenvalue weighted by atomic mass is 32.1. The fraction of sp³-hybridized carbons (Fsp3) is 0.769. The maximum Gasteiger partial charge on any atom is 0.0928 e. The maximum atomic E-state index is 9.25. The molecule has 1 aliphatic carbocycles. The molecule has 0 unspecified atom stereocenters. The second-order valence-electron chi connectivity index (χ2n) is 5.17. The van der Waals surface area contributed by atoms with E-state index in [1.807, 2.05) is 0 Å². The van der Waals surface area contributed by atoms with E-state index in [0.29, 0.717) is 5.92 Å². The molecule has 1 heterocycles. The molecule has 0 saturated heterocycles. The fourth-order valence-corrected chi connectivity index (χ4v) is 3.27. The first-order valence-electron chi connectivity index (χ1n) is 6.47. The number of aliphatic hydroxyl groups excluding tert-OH is 1. The van der Waals surface area contributed by atoms with Crippen LogP contribution >= 0.6 is 11.3 Å². The quantitative estimate of drug-likeness (QED) is 0.846. The summed E-state index contributed by atoms with van der Waals surface area (Å²) in [5.74, 6) is 0.684. The minimum atomic E-state index is -0.0381. The molecule has 1 aromatic rings.